The summed E-state index contributed by atoms with van der Waals surface area (Å²) in [5, 5.41) is 0.903. The molecular weight excluding hydrogens is 322 g/mol. The molecule has 0 aromatic heterocycles. The maximum absolute atomic E-state index is 11.0. The van der Waals surface area contributed by atoms with E-state index in [0.29, 0.717) is 6.42 Å². The number of hydrogen-bond donors (Lipinski definition) is 1. The van der Waals surface area contributed by atoms with E-state index in [4.69, 9.17) is 0 Å². The predicted octanol–water partition coefficient (Wildman–Crippen LogP) is 4.17. The van der Waals surface area contributed by atoms with Gasteiger partial charge in [-0.15, -0.1) is 0 Å². The maximum atomic E-state index is 11.0. The van der Waals surface area contributed by atoms with Gasteiger partial charge in [0.15, 0.2) is 5.37 Å². The molecule has 5 heteroatoms. The van der Waals surface area contributed by atoms with Crippen molar-refractivity contribution in [2.45, 2.75) is 110 Å². The SMILES string of the molecule is CCC([NH2+]CCCCCCCCCCCCCC(C)C)S(=O)(=O)[O-]. The van der Waals surface area contributed by atoms with Gasteiger partial charge in [0.25, 0.3) is 0 Å². The minimum Gasteiger partial charge on any atom is -0.743 e. The molecule has 1 unspecified atom stereocenters. The van der Waals surface area contributed by atoms with Gasteiger partial charge < -0.3 is 9.87 Å². The summed E-state index contributed by atoms with van der Waals surface area (Å²) < 4.78 is 32.9. The minimum atomic E-state index is -4.14. The molecule has 2 N–H and O–H groups in total. The number of hydrogen-bond acceptors (Lipinski definition) is 3. The van der Waals surface area contributed by atoms with E-state index in [2.05, 4.69) is 13.8 Å². The fraction of sp³-hybridized carbons (Fsp3) is 1.00. The molecule has 4 nitrogen and oxygen atoms in total. The van der Waals surface area contributed by atoms with Crippen LogP contribution in [0.25, 0.3) is 0 Å². The molecule has 0 aromatic carbocycles. The lowest BCUT2D eigenvalue weighted by atomic mass is 10.0. The van der Waals surface area contributed by atoms with Crippen LogP contribution in [0.2, 0.25) is 0 Å². The van der Waals surface area contributed by atoms with E-state index in [-0.39, 0.29) is 0 Å². The van der Waals surface area contributed by atoms with Gasteiger partial charge >= 0.3 is 0 Å². The van der Waals surface area contributed by atoms with Gasteiger partial charge in [0.2, 0.25) is 0 Å². The lowest BCUT2D eigenvalue weighted by Crippen LogP contribution is -2.91. The fourth-order valence-electron chi connectivity index (χ4n) is 3.08. The number of nitrogens with two attached hydrogens (primary N) is 1. The van der Waals surface area contributed by atoms with Gasteiger partial charge in [0, 0.05) is 6.42 Å². The molecule has 0 rings (SSSR count). The Bertz CT molecular complexity index is 369. The summed E-state index contributed by atoms with van der Waals surface area (Å²) in [6, 6.07) is 0. The van der Waals surface area contributed by atoms with Crippen molar-refractivity contribution in [3.05, 3.63) is 0 Å². The summed E-state index contributed by atoms with van der Waals surface area (Å²) in [4.78, 5) is 0. The highest BCUT2D eigenvalue weighted by Crippen LogP contribution is 2.13. The van der Waals surface area contributed by atoms with E-state index in [1.54, 1.807) is 12.2 Å². The van der Waals surface area contributed by atoms with Crippen molar-refractivity contribution in [3.63, 3.8) is 0 Å². The molecule has 0 aliphatic carbocycles. The summed E-state index contributed by atoms with van der Waals surface area (Å²) in [5.41, 5.74) is 0. The van der Waals surface area contributed by atoms with Crippen LogP contribution in [0.5, 0.6) is 0 Å². The average Bonchev–Trinajstić information content (AvgIpc) is 2.49. The van der Waals surface area contributed by atoms with Gasteiger partial charge in [-0.05, 0) is 18.8 Å². The van der Waals surface area contributed by atoms with Crippen molar-refractivity contribution in [3.8, 4) is 0 Å². The zero-order valence-electron chi connectivity index (χ0n) is 16.3. The van der Waals surface area contributed by atoms with Crippen molar-refractivity contribution in [2.75, 3.05) is 6.54 Å². The fourth-order valence-corrected chi connectivity index (χ4v) is 3.86. The standard InChI is InChI=1S/C19H41NO3S/c1-4-19(24(21,22)23)20-17-15-13-11-9-7-5-6-8-10-12-14-16-18(2)3/h18-20H,4-17H2,1-3H3,(H,21,22,23). The molecule has 0 amide bonds. The summed E-state index contributed by atoms with van der Waals surface area (Å²) in [6.07, 6.45) is 16.0. The quantitative estimate of drug-likeness (QED) is 0.311. The van der Waals surface area contributed by atoms with Gasteiger partial charge in [-0.2, -0.15) is 0 Å². The van der Waals surface area contributed by atoms with E-state index in [0.717, 1.165) is 25.3 Å². The molecule has 0 aliphatic heterocycles. The Morgan fingerprint density at radius 2 is 1.21 bits per heavy atom. The largest absolute Gasteiger partial charge is 0.743 e. The monoisotopic (exact) mass is 363 g/mol. The van der Waals surface area contributed by atoms with Crippen LogP contribution in [-0.2, 0) is 10.1 Å². The Balaban J connectivity index is 3.26. The smallest absolute Gasteiger partial charge is 0.175 e. The van der Waals surface area contributed by atoms with Gasteiger partial charge in [-0.1, -0.05) is 85.0 Å². The van der Waals surface area contributed by atoms with Crippen molar-refractivity contribution in [1.82, 2.24) is 0 Å². The van der Waals surface area contributed by atoms with Crippen LogP contribution < -0.4 is 5.32 Å². The molecular formula is C19H41NO3S. The molecule has 0 heterocycles. The molecule has 0 aliphatic rings. The van der Waals surface area contributed by atoms with E-state index >= 15 is 0 Å². The second kappa shape index (κ2) is 15.2. The summed E-state index contributed by atoms with van der Waals surface area (Å²) in [7, 11) is -4.14. The van der Waals surface area contributed by atoms with Gasteiger partial charge in [-0.3, -0.25) is 0 Å². The second-order valence-electron chi connectivity index (χ2n) is 7.54. The summed E-state index contributed by atoms with van der Waals surface area (Å²) in [5.74, 6) is 0.847. The van der Waals surface area contributed by atoms with E-state index < -0.39 is 15.5 Å². The Kier molecular flexibility index (Phi) is 15.1. The second-order valence-corrected chi connectivity index (χ2v) is 9.13. The van der Waals surface area contributed by atoms with Crippen LogP contribution in [0.4, 0.5) is 0 Å². The van der Waals surface area contributed by atoms with E-state index in [1.807, 2.05) is 0 Å². The number of unbranched alkanes of at least 4 members (excludes halogenated alkanes) is 10. The Morgan fingerprint density at radius 3 is 1.58 bits per heavy atom. The van der Waals surface area contributed by atoms with E-state index in [9.17, 15) is 13.0 Å². The molecule has 0 saturated heterocycles. The van der Waals surface area contributed by atoms with Crippen LogP contribution in [0.1, 0.15) is 104 Å². The highest BCUT2D eigenvalue weighted by atomic mass is 32.2. The molecule has 0 saturated carbocycles. The Morgan fingerprint density at radius 1 is 0.792 bits per heavy atom. The lowest BCUT2D eigenvalue weighted by molar-refractivity contribution is -0.670. The average molecular weight is 364 g/mol. The molecule has 1 atom stereocenters. The van der Waals surface area contributed by atoms with Crippen molar-refractivity contribution < 1.29 is 18.3 Å². The minimum absolute atomic E-state index is 0.392. The van der Waals surface area contributed by atoms with Gasteiger partial charge in [0.1, 0.15) is 10.1 Å². The zero-order chi connectivity index (χ0) is 18.3. The first-order chi connectivity index (χ1) is 11.4. The third-order valence-electron chi connectivity index (χ3n) is 4.69. The third kappa shape index (κ3) is 15.4. The van der Waals surface area contributed by atoms with E-state index in [1.165, 1.54) is 64.2 Å². The highest BCUT2D eigenvalue weighted by molar-refractivity contribution is 7.86. The van der Waals surface area contributed by atoms with Crippen LogP contribution in [-0.4, -0.2) is 24.9 Å². The molecule has 24 heavy (non-hydrogen) atoms. The summed E-state index contributed by atoms with van der Waals surface area (Å²) >= 11 is 0. The van der Waals surface area contributed by atoms with Gasteiger partial charge in [-0.25, -0.2) is 8.42 Å². The molecule has 0 fully saturated rings. The third-order valence-corrected chi connectivity index (χ3v) is 5.96. The number of rotatable bonds is 17. The Labute approximate surface area is 150 Å². The Hall–Kier alpha value is -0.130. The van der Waals surface area contributed by atoms with Gasteiger partial charge in [0.05, 0.1) is 6.54 Å². The van der Waals surface area contributed by atoms with Crippen molar-refractivity contribution in [2.24, 2.45) is 5.92 Å². The molecule has 146 valence electrons. The lowest BCUT2D eigenvalue weighted by Gasteiger charge is -2.16. The number of quaternary nitrogens is 1. The first kappa shape index (κ1) is 23.9. The maximum Gasteiger partial charge on any atom is 0.175 e. The van der Waals surface area contributed by atoms with Crippen LogP contribution in [0, 0.1) is 5.92 Å². The van der Waals surface area contributed by atoms with Crippen LogP contribution >= 0.6 is 0 Å². The zero-order valence-corrected chi connectivity index (χ0v) is 17.1. The topological polar surface area (TPSA) is 73.8 Å². The molecule has 0 bridgehead atoms. The first-order valence-electron chi connectivity index (χ1n) is 10.2. The predicted molar refractivity (Wildman–Crippen MR) is 101 cm³/mol. The highest BCUT2D eigenvalue weighted by Gasteiger charge is 2.15. The normalized spacial score (nSPS) is 13.5. The summed E-state index contributed by atoms with van der Waals surface area (Å²) in [6.45, 7) is 7.09. The van der Waals surface area contributed by atoms with Crippen molar-refractivity contribution in [1.29, 1.82) is 0 Å². The van der Waals surface area contributed by atoms with Crippen molar-refractivity contribution >= 4 is 10.1 Å². The molecule has 0 radical (unpaired) electrons. The first-order valence-corrected chi connectivity index (χ1v) is 11.6. The van der Waals surface area contributed by atoms with Crippen LogP contribution in [0.3, 0.4) is 0 Å². The molecule has 0 spiro atoms. The van der Waals surface area contributed by atoms with Crippen LogP contribution in [0.15, 0.2) is 0 Å². The molecule has 0 aromatic rings.